The zero-order valence-electron chi connectivity index (χ0n) is 15.0. The molecule has 1 aromatic carbocycles. The summed E-state index contributed by atoms with van der Waals surface area (Å²) in [5.41, 5.74) is 2.37. The van der Waals surface area contributed by atoms with Crippen LogP contribution in [0.1, 0.15) is 41.0 Å². The molecule has 0 aliphatic rings. The van der Waals surface area contributed by atoms with E-state index in [2.05, 4.69) is 44.9 Å². The van der Waals surface area contributed by atoms with Crippen molar-refractivity contribution in [1.29, 1.82) is 0 Å². The summed E-state index contributed by atoms with van der Waals surface area (Å²) >= 11 is 0. The fourth-order valence-electron chi connectivity index (χ4n) is 1.73. The molecule has 0 aliphatic heterocycles. The number of rotatable bonds is 5. The topological polar surface area (TPSA) is 0 Å². The molecule has 1 rings (SSSR count). The lowest BCUT2D eigenvalue weighted by Gasteiger charge is -2.02. The van der Waals surface area contributed by atoms with Crippen LogP contribution in [-0.2, 0) is 0 Å². The molecule has 1 aromatic rings. The molecule has 0 saturated heterocycles. The van der Waals surface area contributed by atoms with Gasteiger partial charge in [-0.25, -0.2) is 0 Å². The third kappa shape index (κ3) is 8.26. The van der Waals surface area contributed by atoms with E-state index in [1.807, 2.05) is 58.0 Å². The summed E-state index contributed by atoms with van der Waals surface area (Å²) in [7, 11) is 0. The Morgan fingerprint density at radius 2 is 1.64 bits per heavy atom. The van der Waals surface area contributed by atoms with E-state index in [0.29, 0.717) is 0 Å². The maximum Gasteiger partial charge on any atom is -0.0184 e. The van der Waals surface area contributed by atoms with Crippen molar-refractivity contribution in [2.45, 2.75) is 41.0 Å². The molecule has 0 aromatic heterocycles. The summed E-state index contributed by atoms with van der Waals surface area (Å²) in [5, 5.41) is 2.16. The summed E-state index contributed by atoms with van der Waals surface area (Å²) in [6, 6.07) is 8.09. The first-order valence-electron chi connectivity index (χ1n) is 8.13. The fourth-order valence-corrected chi connectivity index (χ4v) is 1.73. The molecule has 0 aliphatic carbocycles. The Kier molecular flexibility index (Phi) is 15.5. The van der Waals surface area contributed by atoms with E-state index < -0.39 is 0 Å². The third-order valence-corrected chi connectivity index (χ3v) is 2.77. The predicted molar refractivity (Wildman–Crippen MR) is 105 cm³/mol. The first-order chi connectivity index (χ1) is 10.7. The lowest BCUT2D eigenvalue weighted by molar-refractivity contribution is 1.14. The Morgan fingerprint density at radius 1 is 1.05 bits per heavy atom. The standard InChI is InChI=1S/C18H20.2C2H6/c1-5-8-12-16(6-2)17(7-3)14-18-13-10-9-11-15(18)4;2*1-2/h5,7-14H,1,3-4,6H2,2H3;2*1-2H3/b12-8-,17-16+,18-14-;;. The van der Waals surface area contributed by atoms with Crippen LogP contribution in [0, 0.1) is 0 Å². The molecular formula is C22H32. The number of hydrogen-bond acceptors (Lipinski definition) is 0. The van der Waals surface area contributed by atoms with Crippen LogP contribution in [0.5, 0.6) is 0 Å². The fraction of sp³-hybridized carbons (Fsp3) is 0.273. The van der Waals surface area contributed by atoms with E-state index in [1.54, 1.807) is 6.08 Å². The van der Waals surface area contributed by atoms with Gasteiger partial charge in [-0.1, -0.05) is 103 Å². The van der Waals surface area contributed by atoms with Gasteiger partial charge < -0.3 is 0 Å². The Bertz CT molecular complexity index is 583. The molecule has 0 amide bonds. The summed E-state index contributed by atoms with van der Waals surface area (Å²) in [5.74, 6) is 0. The molecule has 0 N–H and O–H groups in total. The van der Waals surface area contributed by atoms with Gasteiger partial charge in [0, 0.05) is 0 Å². The van der Waals surface area contributed by atoms with Gasteiger partial charge in [0.25, 0.3) is 0 Å². The van der Waals surface area contributed by atoms with Crippen molar-refractivity contribution in [3.63, 3.8) is 0 Å². The molecule has 0 spiro atoms. The maximum absolute atomic E-state index is 4.03. The summed E-state index contributed by atoms with van der Waals surface area (Å²) in [4.78, 5) is 0. The van der Waals surface area contributed by atoms with Crippen molar-refractivity contribution in [1.82, 2.24) is 0 Å². The largest absolute Gasteiger partial charge is 0.0991 e. The molecule has 0 bridgehead atoms. The minimum atomic E-state index is 0.960. The molecule has 0 fully saturated rings. The molecular weight excluding hydrogens is 264 g/mol. The molecule has 0 unspecified atom stereocenters. The molecule has 22 heavy (non-hydrogen) atoms. The van der Waals surface area contributed by atoms with Crippen LogP contribution in [0.3, 0.4) is 0 Å². The van der Waals surface area contributed by atoms with Crippen LogP contribution in [-0.4, -0.2) is 0 Å². The van der Waals surface area contributed by atoms with Crippen molar-refractivity contribution >= 4 is 12.7 Å². The Morgan fingerprint density at radius 3 is 2.09 bits per heavy atom. The number of hydrogen-bond donors (Lipinski definition) is 0. The monoisotopic (exact) mass is 296 g/mol. The van der Waals surface area contributed by atoms with Gasteiger partial charge in [-0.3, -0.25) is 0 Å². The molecule has 0 saturated carbocycles. The quantitative estimate of drug-likeness (QED) is 0.624. The number of allylic oxidation sites excluding steroid dienone is 6. The lowest BCUT2D eigenvalue weighted by Crippen LogP contribution is -2.21. The highest BCUT2D eigenvalue weighted by Crippen LogP contribution is 2.12. The minimum Gasteiger partial charge on any atom is -0.0991 e. The van der Waals surface area contributed by atoms with Gasteiger partial charge in [0.05, 0.1) is 0 Å². The van der Waals surface area contributed by atoms with Crippen LogP contribution in [0.25, 0.3) is 12.7 Å². The van der Waals surface area contributed by atoms with E-state index in [9.17, 15) is 0 Å². The molecule has 120 valence electrons. The predicted octanol–water partition coefficient (Wildman–Crippen LogP) is 5.56. The highest BCUT2D eigenvalue weighted by atomic mass is 14.0. The zero-order valence-corrected chi connectivity index (χ0v) is 15.0. The molecule has 0 nitrogen and oxygen atoms in total. The van der Waals surface area contributed by atoms with Gasteiger partial charge in [-0.2, -0.15) is 0 Å². The second-order valence-electron chi connectivity index (χ2n) is 3.98. The van der Waals surface area contributed by atoms with Crippen molar-refractivity contribution in [3.05, 3.63) is 83.3 Å². The van der Waals surface area contributed by atoms with E-state index in [0.717, 1.165) is 22.4 Å². The second kappa shape index (κ2) is 15.3. The van der Waals surface area contributed by atoms with Gasteiger partial charge in [0.1, 0.15) is 0 Å². The van der Waals surface area contributed by atoms with Crippen LogP contribution >= 0.6 is 0 Å². The van der Waals surface area contributed by atoms with E-state index >= 15 is 0 Å². The molecule has 0 heterocycles. The Labute approximate surface area is 137 Å². The summed E-state index contributed by atoms with van der Waals surface area (Å²) < 4.78 is 0. The first kappa shape index (κ1) is 22.2. The van der Waals surface area contributed by atoms with Crippen molar-refractivity contribution in [2.75, 3.05) is 0 Å². The Balaban J connectivity index is 0. The van der Waals surface area contributed by atoms with Crippen molar-refractivity contribution in [2.24, 2.45) is 0 Å². The lowest BCUT2D eigenvalue weighted by atomic mass is 10.0. The average Bonchev–Trinajstić information content (AvgIpc) is 2.59. The molecule has 0 heteroatoms. The van der Waals surface area contributed by atoms with Crippen LogP contribution in [0.15, 0.2) is 72.9 Å². The van der Waals surface area contributed by atoms with Crippen molar-refractivity contribution < 1.29 is 0 Å². The van der Waals surface area contributed by atoms with Gasteiger partial charge in [0.15, 0.2) is 0 Å². The Hall–Kier alpha value is -2.08. The van der Waals surface area contributed by atoms with Crippen LogP contribution in [0.4, 0.5) is 0 Å². The summed E-state index contributed by atoms with van der Waals surface area (Å²) in [6.07, 6.45) is 10.8. The first-order valence-corrected chi connectivity index (χ1v) is 8.13. The van der Waals surface area contributed by atoms with E-state index in [1.165, 1.54) is 5.57 Å². The normalized spacial score (nSPS) is 11.6. The minimum absolute atomic E-state index is 0.960. The maximum atomic E-state index is 4.03. The van der Waals surface area contributed by atoms with Gasteiger partial charge in [0.2, 0.25) is 0 Å². The van der Waals surface area contributed by atoms with Crippen LogP contribution < -0.4 is 10.4 Å². The van der Waals surface area contributed by atoms with Crippen LogP contribution in [0.2, 0.25) is 0 Å². The highest BCUT2D eigenvalue weighted by molar-refractivity contribution is 5.57. The highest BCUT2D eigenvalue weighted by Gasteiger charge is 1.95. The SMILES string of the molecule is C=C\C=C/C(CC)=C(C=C)/C=c1/ccccc1=C.CC.CC. The van der Waals surface area contributed by atoms with Gasteiger partial charge in [-0.15, -0.1) is 0 Å². The molecule has 0 radical (unpaired) electrons. The average molecular weight is 296 g/mol. The smallest absolute Gasteiger partial charge is 0.0184 e. The third-order valence-electron chi connectivity index (χ3n) is 2.77. The number of benzene rings is 1. The van der Waals surface area contributed by atoms with Crippen molar-refractivity contribution in [3.8, 4) is 0 Å². The second-order valence-corrected chi connectivity index (χ2v) is 3.98. The van der Waals surface area contributed by atoms with Gasteiger partial charge in [-0.05, 0) is 34.1 Å². The van der Waals surface area contributed by atoms with Gasteiger partial charge >= 0.3 is 0 Å². The zero-order chi connectivity index (χ0) is 17.4. The summed E-state index contributed by atoms with van der Waals surface area (Å²) in [6.45, 7) is 21.8. The van der Waals surface area contributed by atoms with E-state index in [-0.39, 0.29) is 0 Å². The van der Waals surface area contributed by atoms with E-state index in [4.69, 9.17) is 0 Å². The molecule has 0 atom stereocenters.